The fourth-order valence-electron chi connectivity index (χ4n) is 2.22. The number of benzene rings is 1. The molecule has 2 rings (SSSR count). The fourth-order valence-corrected chi connectivity index (χ4v) is 2.22. The lowest BCUT2D eigenvalue weighted by Gasteiger charge is -2.14. The molecule has 4 nitrogen and oxygen atoms in total. The average Bonchev–Trinajstić information content (AvgIpc) is 2.45. The first-order valence-corrected chi connectivity index (χ1v) is 6.39. The summed E-state index contributed by atoms with van der Waals surface area (Å²) in [4.78, 5) is 4.47. The van der Waals surface area contributed by atoms with Gasteiger partial charge in [-0.15, -0.1) is 0 Å². The van der Waals surface area contributed by atoms with Crippen LogP contribution in [0.1, 0.15) is 12.6 Å². The van der Waals surface area contributed by atoms with Gasteiger partial charge in [0, 0.05) is 22.7 Å². The Bertz CT molecular complexity index is 569. The van der Waals surface area contributed by atoms with E-state index >= 15 is 0 Å². The van der Waals surface area contributed by atoms with Gasteiger partial charge in [0.1, 0.15) is 0 Å². The predicted molar refractivity (Wildman–Crippen MR) is 76.8 cm³/mol. The average molecular weight is 260 g/mol. The lowest BCUT2D eigenvalue weighted by atomic mass is 10.0. The molecule has 0 aliphatic carbocycles. The monoisotopic (exact) mass is 260 g/mol. The highest BCUT2D eigenvalue weighted by Crippen LogP contribution is 2.36. The first-order chi connectivity index (χ1) is 9.21. The Morgan fingerprint density at radius 3 is 2.58 bits per heavy atom. The second-order valence-electron chi connectivity index (χ2n) is 4.70. The highest BCUT2D eigenvalue weighted by atomic mass is 16.5. The quantitative estimate of drug-likeness (QED) is 0.896. The molecule has 19 heavy (non-hydrogen) atoms. The summed E-state index contributed by atoms with van der Waals surface area (Å²) in [6, 6.07) is 5.90. The number of nitrogens with zero attached hydrogens (tertiary/aromatic N) is 1. The van der Waals surface area contributed by atoms with Crippen molar-refractivity contribution in [2.45, 2.75) is 13.3 Å². The molecule has 102 valence electrons. The summed E-state index contributed by atoms with van der Waals surface area (Å²) in [5, 5.41) is 2.12. The van der Waals surface area contributed by atoms with Gasteiger partial charge >= 0.3 is 0 Å². The Labute approximate surface area is 113 Å². The van der Waals surface area contributed by atoms with E-state index in [2.05, 4.69) is 11.9 Å². The minimum atomic E-state index is 0.409. The van der Waals surface area contributed by atoms with Crippen LogP contribution in [0.2, 0.25) is 0 Å². The third-order valence-electron chi connectivity index (χ3n) is 3.31. The third-order valence-corrected chi connectivity index (χ3v) is 3.31. The summed E-state index contributed by atoms with van der Waals surface area (Å²) in [5.74, 6) is 1.90. The summed E-state index contributed by atoms with van der Waals surface area (Å²) < 4.78 is 10.8. The molecule has 1 heterocycles. The number of methoxy groups -OCH3 is 2. The van der Waals surface area contributed by atoms with Gasteiger partial charge in [0.05, 0.1) is 14.2 Å². The van der Waals surface area contributed by atoms with Gasteiger partial charge in [-0.05, 0) is 37.1 Å². The first-order valence-electron chi connectivity index (χ1n) is 6.39. The van der Waals surface area contributed by atoms with Crippen LogP contribution in [0.25, 0.3) is 10.8 Å². The molecule has 0 saturated heterocycles. The van der Waals surface area contributed by atoms with Crippen molar-refractivity contribution < 1.29 is 9.47 Å². The van der Waals surface area contributed by atoms with Crippen LogP contribution < -0.4 is 15.2 Å². The molecule has 0 radical (unpaired) electrons. The zero-order chi connectivity index (χ0) is 13.8. The van der Waals surface area contributed by atoms with Gasteiger partial charge in [-0.25, -0.2) is 0 Å². The van der Waals surface area contributed by atoms with E-state index in [9.17, 15) is 0 Å². The van der Waals surface area contributed by atoms with Crippen LogP contribution in [0.3, 0.4) is 0 Å². The van der Waals surface area contributed by atoms with Gasteiger partial charge in [-0.3, -0.25) is 4.98 Å². The molecule has 0 spiro atoms. The Balaban J connectivity index is 2.57. The predicted octanol–water partition coefficient (Wildman–Crippen LogP) is 2.39. The molecule has 0 aliphatic rings. The van der Waals surface area contributed by atoms with E-state index in [1.165, 1.54) is 0 Å². The van der Waals surface area contributed by atoms with Gasteiger partial charge in [0.25, 0.3) is 0 Å². The zero-order valence-electron chi connectivity index (χ0n) is 11.6. The highest BCUT2D eigenvalue weighted by molar-refractivity contribution is 5.92. The van der Waals surface area contributed by atoms with Crippen LogP contribution in [0.4, 0.5) is 0 Å². The standard InChI is InChI=1S/C15H20N2O2/c1-10(9-16)8-13-11-4-5-14(18-2)15(19-3)12(11)6-7-17-13/h4-7,10H,8-9,16H2,1-3H3. The molecule has 1 atom stereocenters. The van der Waals surface area contributed by atoms with Crippen molar-refractivity contribution in [3.05, 3.63) is 30.1 Å². The van der Waals surface area contributed by atoms with Crippen LogP contribution in [-0.4, -0.2) is 25.7 Å². The van der Waals surface area contributed by atoms with Crippen molar-refractivity contribution in [3.63, 3.8) is 0 Å². The molecule has 2 N–H and O–H groups in total. The van der Waals surface area contributed by atoms with Crippen LogP contribution in [0.15, 0.2) is 24.4 Å². The second kappa shape index (κ2) is 5.89. The van der Waals surface area contributed by atoms with E-state index in [1.54, 1.807) is 14.2 Å². The molecule has 0 saturated carbocycles. The summed E-state index contributed by atoms with van der Waals surface area (Å²) >= 11 is 0. The number of nitrogens with two attached hydrogens (primary N) is 1. The lowest BCUT2D eigenvalue weighted by molar-refractivity contribution is 0.358. The Hall–Kier alpha value is -1.81. The number of fused-ring (bicyclic) bond motifs is 1. The maximum Gasteiger partial charge on any atom is 0.168 e. The maximum absolute atomic E-state index is 5.69. The van der Waals surface area contributed by atoms with Crippen molar-refractivity contribution in [3.8, 4) is 11.5 Å². The third kappa shape index (κ3) is 2.63. The number of rotatable bonds is 5. The zero-order valence-corrected chi connectivity index (χ0v) is 11.6. The molecule has 1 aromatic carbocycles. The molecular weight excluding hydrogens is 240 g/mol. The van der Waals surface area contributed by atoms with Crippen molar-refractivity contribution in [2.75, 3.05) is 20.8 Å². The summed E-state index contributed by atoms with van der Waals surface area (Å²) in [6.07, 6.45) is 2.67. The molecule has 0 fully saturated rings. The SMILES string of the molecule is COc1ccc2c(CC(C)CN)nccc2c1OC. The number of ether oxygens (including phenoxy) is 2. The second-order valence-corrected chi connectivity index (χ2v) is 4.70. The van der Waals surface area contributed by atoms with Crippen molar-refractivity contribution in [1.29, 1.82) is 0 Å². The van der Waals surface area contributed by atoms with E-state index in [-0.39, 0.29) is 0 Å². The van der Waals surface area contributed by atoms with Gasteiger partial charge < -0.3 is 15.2 Å². The van der Waals surface area contributed by atoms with Crippen LogP contribution >= 0.6 is 0 Å². The van der Waals surface area contributed by atoms with E-state index in [4.69, 9.17) is 15.2 Å². The molecule has 1 aromatic heterocycles. The minimum absolute atomic E-state index is 0.409. The Morgan fingerprint density at radius 1 is 1.16 bits per heavy atom. The van der Waals surface area contributed by atoms with Gasteiger partial charge in [-0.2, -0.15) is 0 Å². The van der Waals surface area contributed by atoms with E-state index < -0.39 is 0 Å². The number of hydrogen-bond donors (Lipinski definition) is 1. The molecule has 1 unspecified atom stereocenters. The number of aromatic nitrogens is 1. The Kier molecular flexibility index (Phi) is 4.22. The van der Waals surface area contributed by atoms with Crippen molar-refractivity contribution in [1.82, 2.24) is 4.98 Å². The molecular formula is C15H20N2O2. The van der Waals surface area contributed by atoms with Crippen LogP contribution in [-0.2, 0) is 6.42 Å². The van der Waals surface area contributed by atoms with E-state index in [1.807, 2.05) is 24.4 Å². The van der Waals surface area contributed by atoms with Gasteiger partial charge in [-0.1, -0.05) is 6.92 Å². The molecule has 4 heteroatoms. The first kappa shape index (κ1) is 13.6. The largest absolute Gasteiger partial charge is 0.493 e. The van der Waals surface area contributed by atoms with Gasteiger partial charge in [0.15, 0.2) is 11.5 Å². The van der Waals surface area contributed by atoms with Crippen LogP contribution in [0, 0.1) is 5.92 Å². The van der Waals surface area contributed by atoms with Crippen molar-refractivity contribution in [2.24, 2.45) is 11.7 Å². The number of pyridine rings is 1. The number of hydrogen-bond acceptors (Lipinski definition) is 4. The van der Waals surface area contributed by atoms with E-state index in [0.29, 0.717) is 12.5 Å². The molecule has 0 bridgehead atoms. The van der Waals surface area contributed by atoms with E-state index in [0.717, 1.165) is 34.4 Å². The normalized spacial score (nSPS) is 12.4. The topological polar surface area (TPSA) is 57.4 Å². The smallest absolute Gasteiger partial charge is 0.168 e. The lowest BCUT2D eigenvalue weighted by Crippen LogP contribution is -2.14. The maximum atomic E-state index is 5.69. The van der Waals surface area contributed by atoms with Gasteiger partial charge in [0.2, 0.25) is 0 Å². The molecule has 0 amide bonds. The summed E-state index contributed by atoms with van der Waals surface area (Å²) in [5.41, 5.74) is 6.75. The summed E-state index contributed by atoms with van der Waals surface area (Å²) in [6.45, 7) is 2.78. The molecule has 0 aliphatic heterocycles. The Morgan fingerprint density at radius 2 is 1.95 bits per heavy atom. The fraction of sp³-hybridized carbons (Fsp3) is 0.400. The van der Waals surface area contributed by atoms with Crippen LogP contribution in [0.5, 0.6) is 11.5 Å². The molecule has 2 aromatic rings. The van der Waals surface area contributed by atoms with Crippen molar-refractivity contribution >= 4 is 10.8 Å². The summed E-state index contributed by atoms with van der Waals surface area (Å²) in [7, 11) is 3.29. The highest BCUT2D eigenvalue weighted by Gasteiger charge is 2.13. The minimum Gasteiger partial charge on any atom is -0.493 e.